The van der Waals surface area contributed by atoms with Crippen molar-refractivity contribution in [3.8, 4) is 5.75 Å². The number of hydrogen-bond donors (Lipinski definition) is 1. The Hall–Kier alpha value is -2.30. The van der Waals surface area contributed by atoms with Crippen molar-refractivity contribution in [1.82, 2.24) is 10.2 Å². The molecule has 11 heteroatoms. The number of anilines is 1. The van der Waals surface area contributed by atoms with Crippen molar-refractivity contribution in [3.05, 3.63) is 57.5 Å². The molecule has 0 aliphatic heterocycles. The molecule has 1 N–H and O–H groups in total. The van der Waals surface area contributed by atoms with Crippen molar-refractivity contribution in [2.24, 2.45) is 0 Å². The molecule has 186 valence electrons. The second kappa shape index (κ2) is 12.4. The van der Waals surface area contributed by atoms with Gasteiger partial charge in [0.15, 0.2) is 0 Å². The molecule has 0 heterocycles. The Labute approximate surface area is 214 Å². The Balaban J connectivity index is 2.40. The molecule has 2 aromatic rings. The molecule has 2 aromatic carbocycles. The minimum atomic E-state index is -3.84. The number of sulfonamides is 1. The van der Waals surface area contributed by atoms with Crippen LogP contribution >= 0.6 is 27.5 Å². The maximum Gasteiger partial charge on any atom is 0.244 e. The van der Waals surface area contributed by atoms with Gasteiger partial charge in [-0.1, -0.05) is 46.6 Å². The number of nitrogens with zero attached hydrogens (tertiary/aromatic N) is 2. The first kappa shape index (κ1) is 27.9. The Morgan fingerprint density at radius 2 is 1.91 bits per heavy atom. The Bertz CT molecular complexity index is 1130. The number of carbonyl (C=O) groups excluding carboxylic acids is 2. The molecule has 0 aromatic heterocycles. The summed E-state index contributed by atoms with van der Waals surface area (Å²) in [6.45, 7) is 3.65. The van der Waals surface area contributed by atoms with E-state index < -0.39 is 28.5 Å². The molecule has 0 aliphatic carbocycles. The number of benzene rings is 2. The molecule has 1 atom stereocenters. The van der Waals surface area contributed by atoms with Gasteiger partial charge in [-0.2, -0.15) is 0 Å². The summed E-state index contributed by atoms with van der Waals surface area (Å²) >= 11 is 9.60. The van der Waals surface area contributed by atoms with Gasteiger partial charge in [-0.3, -0.25) is 13.9 Å². The Morgan fingerprint density at radius 1 is 1.21 bits per heavy atom. The largest absolute Gasteiger partial charge is 0.495 e. The number of nitrogens with one attached hydrogen (secondary N) is 1. The lowest BCUT2D eigenvalue weighted by atomic mass is 10.1. The van der Waals surface area contributed by atoms with Crippen LogP contribution in [0.5, 0.6) is 5.75 Å². The normalized spacial score (nSPS) is 12.1. The van der Waals surface area contributed by atoms with Crippen molar-refractivity contribution in [3.63, 3.8) is 0 Å². The highest BCUT2D eigenvalue weighted by Gasteiger charge is 2.30. The molecular formula is C23H29BrClN3O5S. The third kappa shape index (κ3) is 7.61. The summed E-state index contributed by atoms with van der Waals surface area (Å²) in [5.74, 6) is -0.470. The molecule has 0 aliphatic rings. The summed E-state index contributed by atoms with van der Waals surface area (Å²) in [7, 11) is -2.40. The van der Waals surface area contributed by atoms with Crippen molar-refractivity contribution in [2.75, 3.05) is 30.8 Å². The van der Waals surface area contributed by atoms with E-state index in [-0.39, 0.29) is 23.2 Å². The van der Waals surface area contributed by atoms with E-state index in [0.29, 0.717) is 12.3 Å². The maximum atomic E-state index is 13.5. The zero-order valence-corrected chi connectivity index (χ0v) is 22.7. The van der Waals surface area contributed by atoms with Gasteiger partial charge in [0.1, 0.15) is 18.3 Å². The summed E-state index contributed by atoms with van der Waals surface area (Å²) < 4.78 is 32.1. The molecule has 8 nitrogen and oxygen atoms in total. The second-order valence-corrected chi connectivity index (χ2v) is 10.9. The van der Waals surface area contributed by atoms with Gasteiger partial charge in [0.25, 0.3) is 0 Å². The van der Waals surface area contributed by atoms with Gasteiger partial charge >= 0.3 is 0 Å². The lowest BCUT2D eigenvalue weighted by Crippen LogP contribution is -2.51. The van der Waals surface area contributed by atoms with Crippen molar-refractivity contribution >= 4 is 55.1 Å². The fourth-order valence-corrected chi connectivity index (χ4v) is 4.77. The topological polar surface area (TPSA) is 96.0 Å². The quantitative estimate of drug-likeness (QED) is 0.440. The summed E-state index contributed by atoms with van der Waals surface area (Å²) in [5, 5.41) is 3.00. The van der Waals surface area contributed by atoms with E-state index in [4.69, 9.17) is 16.3 Å². The van der Waals surface area contributed by atoms with Crippen LogP contribution in [0.2, 0.25) is 5.02 Å². The highest BCUT2D eigenvalue weighted by molar-refractivity contribution is 9.10. The molecule has 0 bridgehead atoms. The van der Waals surface area contributed by atoms with E-state index in [1.165, 1.54) is 30.2 Å². The third-order valence-corrected chi connectivity index (χ3v) is 6.99. The highest BCUT2D eigenvalue weighted by Crippen LogP contribution is 2.30. The molecule has 0 radical (unpaired) electrons. The first-order valence-corrected chi connectivity index (χ1v) is 13.6. The highest BCUT2D eigenvalue weighted by atomic mass is 79.9. The van der Waals surface area contributed by atoms with Crippen LogP contribution in [0.1, 0.15) is 25.8 Å². The third-order valence-electron chi connectivity index (χ3n) is 5.06. The van der Waals surface area contributed by atoms with Gasteiger partial charge in [0, 0.05) is 17.6 Å². The van der Waals surface area contributed by atoms with E-state index in [9.17, 15) is 18.0 Å². The van der Waals surface area contributed by atoms with Crippen LogP contribution in [0.3, 0.4) is 0 Å². The molecule has 2 rings (SSSR count). The predicted molar refractivity (Wildman–Crippen MR) is 138 cm³/mol. The number of ether oxygens (including phenoxy) is 1. The maximum absolute atomic E-state index is 13.5. The second-order valence-electron chi connectivity index (χ2n) is 7.71. The van der Waals surface area contributed by atoms with Crippen molar-refractivity contribution in [2.45, 2.75) is 32.9 Å². The molecule has 0 saturated carbocycles. The minimum absolute atomic E-state index is 0.125. The molecule has 0 saturated heterocycles. The SMILES string of the molecule is CCCNC(=O)C(C)N(Cc1cccc(Br)c1)C(=O)CN(c1ccc(OC)c(Cl)c1)S(C)(=O)=O. The fraction of sp³-hybridized carbons (Fsp3) is 0.391. The predicted octanol–water partition coefficient (Wildman–Crippen LogP) is 3.82. The average Bonchev–Trinajstić information content (AvgIpc) is 2.78. The van der Waals surface area contributed by atoms with Crippen LogP contribution in [0.4, 0.5) is 5.69 Å². The van der Waals surface area contributed by atoms with Crippen LogP contribution < -0.4 is 14.4 Å². The molecule has 2 amide bonds. The van der Waals surface area contributed by atoms with Gasteiger partial charge in [0.2, 0.25) is 21.8 Å². The van der Waals surface area contributed by atoms with Gasteiger partial charge in [-0.15, -0.1) is 0 Å². The number of halogens is 2. The zero-order chi connectivity index (χ0) is 25.5. The summed E-state index contributed by atoms with van der Waals surface area (Å²) in [4.78, 5) is 27.5. The van der Waals surface area contributed by atoms with Crippen molar-refractivity contribution < 1.29 is 22.7 Å². The molecule has 1 unspecified atom stereocenters. The lowest BCUT2D eigenvalue weighted by Gasteiger charge is -2.31. The monoisotopic (exact) mass is 573 g/mol. The van der Waals surface area contributed by atoms with E-state index in [2.05, 4.69) is 21.2 Å². The van der Waals surface area contributed by atoms with Crippen molar-refractivity contribution in [1.29, 1.82) is 0 Å². The summed E-state index contributed by atoms with van der Waals surface area (Å²) in [6, 6.07) is 11.0. The van der Waals surface area contributed by atoms with Gasteiger partial charge < -0.3 is 15.0 Å². The molecule has 34 heavy (non-hydrogen) atoms. The van der Waals surface area contributed by atoms with Gasteiger partial charge in [0.05, 0.1) is 24.1 Å². The van der Waals surface area contributed by atoms with Gasteiger partial charge in [-0.25, -0.2) is 8.42 Å². The molecule has 0 fully saturated rings. The minimum Gasteiger partial charge on any atom is -0.495 e. The van der Waals surface area contributed by atoms with E-state index >= 15 is 0 Å². The number of carbonyl (C=O) groups is 2. The van der Waals surface area contributed by atoms with Crippen LogP contribution in [0.25, 0.3) is 0 Å². The van der Waals surface area contributed by atoms with Crippen LogP contribution in [0, 0.1) is 0 Å². The van der Waals surface area contributed by atoms with Gasteiger partial charge in [-0.05, 0) is 49.2 Å². The number of rotatable bonds is 11. The standard InChI is InChI=1S/C23H29BrClN3O5S/c1-5-11-26-23(30)16(2)27(14-17-7-6-8-18(24)12-17)22(29)15-28(34(4,31)32)19-9-10-21(33-3)20(25)13-19/h6-10,12-13,16H,5,11,14-15H2,1-4H3,(H,26,30). The van der Waals surface area contributed by atoms with Crippen LogP contribution in [-0.2, 0) is 26.2 Å². The van der Waals surface area contributed by atoms with E-state index in [0.717, 1.165) is 27.0 Å². The number of amides is 2. The lowest BCUT2D eigenvalue weighted by molar-refractivity contribution is -0.139. The van der Waals surface area contributed by atoms with Crippen LogP contribution in [-0.4, -0.2) is 57.6 Å². The first-order chi connectivity index (χ1) is 16.0. The van der Waals surface area contributed by atoms with Crippen LogP contribution in [0.15, 0.2) is 46.9 Å². The molecule has 0 spiro atoms. The number of methoxy groups -OCH3 is 1. The summed E-state index contributed by atoms with van der Waals surface area (Å²) in [6.07, 6.45) is 1.76. The fourth-order valence-electron chi connectivity index (χ4n) is 3.23. The first-order valence-electron chi connectivity index (χ1n) is 10.6. The number of hydrogen-bond acceptors (Lipinski definition) is 5. The van der Waals surface area contributed by atoms with E-state index in [1.54, 1.807) is 6.92 Å². The Kier molecular flexibility index (Phi) is 10.2. The van der Waals surface area contributed by atoms with E-state index in [1.807, 2.05) is 31.2 Å². The molecular weight excluding hydrogens is 546 g/mol. The Morgan fingerprint density at radius 3 is 2.47 bits per heavy atom. The zero-order valence-electron chi connectivity index (χ0n) is 19.5. The average molecular weight is 575 g/mol. The summed E-state index contributed by atoms with van der Waals surface area (Å²) in [5.41, 5.74) is 1.00. The smallest absolute Gasteiger partial charge is 0.244 e.